The van der Waals surface area contributed by atoms with Gasteiger partial charge in [0, 0.05) is 10.6 Å². The van der Waals surface area contributed by atoms with E-state index in [1.807, 2.05) is 43.3 Å². The highest BCUT2D eigenvalue weighted by molar-refractivity contribution is 6.30. The third kappa shape index (κ3) is 2.27. The van der Waals surface area contributed by atoms with Crippen molar-refractivity contribution in [2.24, 2.45) is 0 Å². The summed E-state index contributed by atoms with van der Waals surface area (Å²) >= 11 is 5.97. The van der Waals surface area contributed by atoms with E-state index >= 15 is 0 Å². The molecule has 0 nitrogen and oxygen atoms in total. The minimum Gasteiger partial charge on any atom is -0.115 e. The maximum Gasteiger partial charge on any atom is 0.0412 e. The standard InChI is InChI=1S/C15H11Cl/c1-3-12-7-11(2)8-14(9-12)13-5-4-6-15(16)10-13/h1,4-10H,2H3. The first-order valence-electron chi connectivity index (χ1n) is 5.03. The van der Waals surface area contributed by atoms with E-state index in [-0.39, 0.29) is 0 Å². The van der Waals surface area contributed by atoms with Gasteiger partial charge in [0.2, 0.25) is 0 Å². The zero-order valence-corrected chi connectivity index (χ0v) is 9.75. The van der Waals surface area contributed by atoms with Crippen LogP contribution in [0.1, 0.15) is 11.1 Å². The predicted octanol–water partition coefficient (Wildman–Crippen LogP) is 4.30. The van der Waals surface area contributed by atoms with Crippen LogP contribution >= 0.6 is 11.6 Å². The second-order valence-electron chi connectivity index (χ2n) is 3.74. The highest BCUT2D eigenvalue weighted by atomic mass is 35.5. The number of rotatable bonds is 1. The summed E-state index contributed by atoms with van der Waals surface area (Å²) in [6.45, 7) is 2.04. The van der Waals surface area contributed by atoms with Crippen molar-refractivity contribution in [3.05, 3.63) is 58.6 Å². The Morgan fingerprint density at radius 3 is 2.56 bits per heavy atom. The molecule has 0 aliphatic rings. The molecule has 0 N–H and O–H groups in total. The number of benzene rings is 2. The molecule has 0 radical (unpaired) electrons. The van der Waals surface area contributed by atoms with Crippen LogP contribution in [0.5, 0.6) is 0 Å². The van der Waals surface area contributed by atoms with Crippen molar-refractivity contribution in [2.45, 2.75) is 6.92 Å². The van der Waals surface area contributed by atoms with Crippen molar-refractivity contribution in [3.63, 3.8) is 0 Å². The van der Waals surface area contributed by atoms with Gasteiger partial charge in [0.1, 0.15) is 0 Å². The maximum absolute atomic E-state index is 5.97. The van der Waals surface area contributed by atoms with Gasteiger partial charge in [0.25, 0.3) is 0 Å². The van der Waals surface area contributed by atoms with E-state index in [1.54, 1.807) is 0 Å². The van der Waals surface area contributed by atoms with Crippen LogP contribution in [0.4, 0.5) is 0 Å². The molecular formula is C15H11Cl. The largest absolute Gasteiger partial charge is 0.115 e. The van der Waals surface area contributed by atoms with Crippen molar-refractivity contribution in [1.82, 2.24) is 0 Å². The Labute approximate surface area is 101 Å². The molecule has 0 unspecified atom stereocenters. The molecule has 0 aromatic heterocycles. The van der Waals surface area contributed by atoms with E-state index < -0.39 is 0 Å². The molecule has 2 aromatic rings. The lowest BCUT2D eigenvalue weighted by atomic mass is 10.0. The van der Waals surface area contributed by atoms with Crippen LogP contribution < -0.4 is 0 Å². The lowest BCUT2D eigenvalue weighted by Gasteiger charge is -2.05. The maximum atomic E-state index is 5.97. The average molecular weight is 227 g/mol. The minimum absolute atomic E-state index is 0.737. The first-order valence-corrected chi connectivity index (χ1v) is 5.41. The second-order valence-corrected chi connectivity index (χ2v) is 4.18. The van der Waals surface area contributed by atoms with Gasteiger partial charge < -0.3 is 0 Å². The molecule has 0 aliphatic carbocycles. The topological polar surface area (TPSA) is 0 Å². The van der Waals surface area contributed by atoms with Gasteiger partial charge >= 0.3 is 0 Å². The van der Waals surface area contributed by atoms with E-state index in [2.05, 4.69) is 12.0 Å². The van der Waals surface area contributed by atoms with Crippen molar-refractivity contribution in [2.75, 3.05) is 0 Å². The van der Waals surface area contributed by atoms with Crippen LogP contribution in [0, 0.1) is 19.3 Å². The summed E-state index contributed by atoms with van der Waals surface area (Å²) in [6.07, 6.45) is 5.42. The van der Waals surface area contributed by atoms with Gasteiger partial charge in [-0.1, -0.05) is 35.7 Å². The molecule has 0 spiro atoms. The zero-order chi connectivity index (χ0) is 11.5. The summed E-state index contributed by atoms with van der Waals surface area (Å²) in [5.41, 5.74) is 4.25. The van der Waals surface area contributed by atoms with Gasteiger partial charge in [0.15, 0.2) is 0 Å². The molecule has 16 heavy (non-hydrogen) atoms. The Bertz CT molecular complexity index is 562. The molecule has 1 heteroatoms. The summed E-state index contributed by atoms with van der Waals surface area (Å²) in [6, 6.07) is 13.9. The lowest BCUT2D eigenvalue weighted by molar-refractivity contribution is 1.45. The van der Waals surface area contributed by atoms with E-state index in [9.17, 15) is 0 Å². The Balaban J connectivity index is 2.56. The predicted molar refractivity (Wildman–Crippen MR) is 69.6 cm³/mol. The van der Waals surface area contributed by atoms with E-state index in [1.165, 1.54) is 0 Å². The van der Waals surface area contributed by atoms with Crippen LogP contribution in [0.15, 0.2) is 42.5 Å². The smallest absolute Gasteiger partial charge is 0.0412 e. The fourth-order valence-electron chi connectivity index (χ4n) is 1.70. The lowest BCUT2D eigenvalue weighted by Crippen LogP contribution is -1.83. The molecule has 2 rings (SSSR count). The van der Waals surface area contributed by atoms with Gasteiger partial charge in [-0.2, -0.15) is 0 Å². The van der Waals surface area contributed by atoms with Crippen LogP contribution in [0.3, 0.4) is 0 Å². The third-order valence-corrected chi connectivity index (χ3v) is 2.64. The number of aryl methyl sites for hydroxylation is 1. The Kier molecular flexibility index (Phi) is 2.99. The molecule has 0 saturated heterocycles. The molecule has 0 fully saturated rings. The monoisotopic (exact) mass is 226 g/mol. The molecule has 0 bridgehead atoms. The minimum atomic E-state index is 0.737. The first kappa shape index (κ1) is 10.8. The Hall–Kier alpha value is -1.71. The Morgan fingerprint density at radius 2 is 1.88 bits per heavy atom. The van der Waals surface area contributed by atoms with E-state index in [0.29, 0.717) is 0 Å². The average Bonchev–Trinajstić information content (AvgIpc) is 2.28. The van der Waals surface area contributed by atoms with Gasteiger partial charge in [-0.3, -0.25) is 0 Å². The number of terminal acetylenes is 1. The van der Waals surface area contributed by atoms with Gasteiger partial charge in [-0.15, -0.1) is 6.42 Å². The number of halogens is 1. The highest BCUT2D eigenvalue weighted by Crippen LogP contribution is 2.24. The molecule has 0 aliphatic heterocycles. The summed E-state index contributed by atoms with van der Waals surface area (Å²) < 4.78 is 0. The molecule has 0 saturated carbocycles. The molecule has 0 atom stereocenters. The van der Waals surface area contributed by atoms with Gasteiger partial charge in [0.05, 0.1) is 0 Å². The summed E-state index contributed by atoms with van der Waals surface area (Å²) in [5, 5.41) is 0.737. The first-order chi connectivity index (χ1) is 7.69. The van der Waals surface area contributed by atoms with Crippen LogP contribution in [0.25, 0.3) is 11.1 Å². The van der Waals surface area contributed by atoms with Crippen molar-refractivity contribution in [1.29, 1.82) is 0 Å². The fraction of sp³-hybridized carbons (Fsp3) is 0.0667. The summed E-state index contributed by atoms with van der Waals surface area (Å²) in [5.74, 6) is 2.66. The van der Waals surface area contributed by atoms with Crippen LogP contribution in [0.2, 0.25) is 5.02 Å². The Morgan fingerprint density at radius 1 is 1.06 bits per heavy atom. The molecule has 0 amide bonds. The summed E-state index contributed by atoms with van der Waals surface area (Å²) in [4.78, 5) is 0. The highest BCUT2D eigenvalue weighted by Gasteiger charge is 2.00. The second kappa shape index (κ2) is 4.43. The van der Waals surface area contributed by atoms with Crippen molar-refractivity contribution in [3.8, 4) is 23.5 Å². The zero-order valence-electron chi connectivity index (χ0n) is 9.00. The number of hydrogen-bond donors (Lipinski definition) is 0. The molecule has 78 valence electrons. The molecule has 0 heterocycles. The van der Waals surface area contributed by atoms with E-state index in [0.717, 1.165) is 27.3 Å². The van der Waals surface area contributed by atoms with Gasteiger partial charge in [-0.05, 0) is 47.9 Å². The van der Waals surface area contributed by atoms with Crippen LogP contribution in [-0.2, 0) is 0 Å². The third-order valence-electron chi connectivity index (χ3n) is 2.40. The van der Waals surface area contributed by atoms with Crippen molar-refractivity contribution >= 4 is 11.6 Å². The van der Waals surface area contributed by atoms with Crippen molar-refractivity contribution < 1.29 is 0 Å². The van der Waals surface area contributed by atoms with E-state index in [4.69, 9.17) is 18.0 Å². The SMILES string of the molecule is C#Cc1cc(C)cc(-c2cccc(Cl)c2)c1. The van der Waals surface area contributed by atoms with Crippen LogP contribution in [-0.4, -0.2) is 0 Å². The van der Waals surface area contributed by atoms with Gasteiger partial charge in [-0.25, -0.2) is 0 Å². The number of hydrogen-bond acceptors (Lipinski definition) is 0. The fourth-order valence-corrected chi connectivity index (χ4v) is 1.89. The normalized spacial score (nSPS) is 9.81. The summed E-state index contributed by atoms with van der Waals surface area (Å²) in [7, 11) is 0. The quantitative estimate of drug-likeness (QED) is 0.636. The molecular weight excluding hydrogens is 216 g/mol. The molecule has 2 aromatic carbocycles.